The van der Waals surface area contributed by atoms with Gasteiger partial charge in [-0.1, -0.05) is 143 Å². The monoisotopic (exact) mass is 1600 g/mol. The van der Waals surface area contributed by atoms with Crippen LogP contribution in [0.3, 0.4) is 0 Å². The van der Waals surface area contributed by atoms with Gasteiger partial charge in [-0.2, -0.15) is 0 Å². The predicted octanol–water partition coefficient (Wildman–Crippen LogP) is 22.3. The predicted molar refractivity (Wildman–Crippen MR) is 386 cm³/mol. The molecule has 6 saturated heterocycles. The molecule has 582 valence electrons. The molecule has 2 amide bonds. The van der Waals surface area contributed by atoms with E-state index in [0.717, 1.165) is 51.4 Å². The van der Waals surface area contributed by atoms with Crippen LogP contribution in [0.25, 0.3) is 0 Å². The van der Waals surface area contributed by atoms with Crippen molar-refractivity contribution in [3.8, 4) is 5.75 Å². The maximum Gasteiger partial charge on any atom is 0.410 e. The van der Waals surface area contributed by atoms with Crippen LogP contribution < -0.4 is 10.1 Å². The summed E-state index contributed by atoms with van der Waals surface area (Å²) in [5.74, 6) is 0.378. The number of aliphatic hydroxyl groups is 2. The van der Waals surface area contributed by atoms with Crippen molar-refractivity contribution >= 4 is 52.1 Å². The van der Waals surface area contributed by atoms with Crippen LogP contribution >= 0.6 is 39.9 Å². The zero-order valence-electron chi connectivity index (χ0n) is 59.7. The molecule has 6 heterocycles. The average Bonchev–Trinajstić information content (AvgIpc) is 1.66. The maximum absolute atomic E-state index is 13.1. The van der Waals surface area contributed by atoms with E-state index < -0.39 is 49.8 Å². The topological polar surface area (TPSA) is 139 Å². The largest absolute Gasteiger partial charge is 0.496 e. The number of piperidine rings is 3. The molecule has 6 aliphatic heterocycles. The van der Waals surface area contributed by atoms with Crippen LogP contribution in [-0.2, 0) is 44.6 Å². The van der Waals surface area contributed by atoms with E-state index in [1.807, 2.05) is 51.3 Å². The van der Waals surface area contributed by atoms with Crippen molar-refractivity contribution in [3.63, 3.8) is 0 Å². The van der Waals surface area contributed by atoms with Gasteiger partial charge in [0.15, 0.2) is 0 Å². The number of alkyl halides is 13. The molecule has 0 radical (unpaired) electrons. The number of ether oxygens (including phenoxy) is 5. The highest BCUT2D eigenvalue weighted by atomic mass is 79.9. The number of hydrogen-bond acceptors (Lipinski definition) is 10. The second kappa shape index (κ2) is 43.6. The smallest absolute Gasteiger partial charge is 0.410 e. The molecule has 6 atom stereocenters. The van der Waals surface area contributed by atoms with Crippen molar-refractivity contribution in [1.29, 1.82) is 0 Å². The summed E-state index contributed by atoms with van der Waals surface area (Å²) in [5.41, 5.74) is 1.05. The van der Waals surface area contributed by atoms with Crippen molar-refractivity contribution < 1.29 is 96.2 Å². The van der Waals surface area contributed by atoms with Gasteiger partial charge in [0.25, 0.3) is 38.6 Å². The van der Waals surface area contributed by atoms with Crippen molar-refractivity contribution in [2.45, 2.75) is 249 Å². The van der Waals surface area contributed by atoms with Crippen molar-refractivity contribution in [1.82, 2.24) is 15.1 Å². The third-order valence-electron chi connectivity index (χ3n) is 18.0. The van der Waals surface area contributed by atoms with E-state index >= 15 is 0 Å². The first-order chi connectivity index (χ1) is 49.3. The van der Waals surface area contributed by atoms with Crippen molar-refractivity contribution in [2.75, 3.05) is 7.11 Å². The van der Waals surface area contributed by atoms with Crippen LogP contribution in [0.4, 0.5) is 62.3 Å². The first-order valence-electron chi connectivity index (χ1n) is 34.6. The van der Waals surface area contributed by atoms with Crippen LogP contribution in [0.1, 0.15) is 213 Å². The number of methoxy groups -OCH3 is 1. The van der Waals surface area contributed by atoms with Crippen molar-refractivity contribution in [3.05, 3.63) is 206 Å². The number of carbonyl (C=O) groups is 2. The van der Waals surface area contributed by atoms with Gasteiger partial charge in [-0.05, 0) is 159 Å². The number of hydrogen-bond donors (Lipinski definition) is 3. The summed E-state index contributed by atoms with van der Waals surface area (Å²) < 4.78 is 177. The molecule has 0 saturated carbocycles. The number of amides is 2. The summed E-state index contributed by atoms with van der Waals surface area (Å²) in [6, 6.07) is 39.5. The summed E-state index contributed by atoms with van der Waals surface area (Å²) in [4.78, 5) is 28.2. The molecular weight excluding hydrogens is 1500 g/mol. The SMILES string of the molecule is CC(C)(C)OC(=O)N1C2CCC1CC(O)C2.CC(C)(C)OC(=O)N1C2CCC1CC(OCc1ccccc1C(F)F)C2.COc1ccccc1C(F)F.Cl.FC(F)c1ccccc1Br.FC(F)c1ccccc1CCl.FC(F)c1ccccc1COC1CC2CCC(C1)N2.OCc1ccccc1C(F)F. The molecular formula is C78H96BrCl2F12N3O9. The van der Waals surface area contributed by atoms with Crippen LogP contribution in [0.2, 0.25) is 0 Å². The molecule has 27 heteroatoms. The molecule has 3 N–H and O–H groups in total. The first-order valence-corrected chi connectivity index (χ1v) is 35.9. The quantitative estimate of drug-likeness (QED) is 0.0673. The Balaban J connectivity index is 0.000000226. The number of para-hydroxylation sites is 1. The zero-order chi connectivity index (χ0) is 76.4. The normalized spacial score (nSPS) is 21.2. The summed E-state index contributed by atoms with van der Waals surface area (Å²) in [6.07, 6.45) is -4.02. The minimum absolute atomic E-state index is 0. The van der Waals surface area contributed by atoms with E-state index in [-0.39, 0.29) is 125 Å². The Morgan fingerprint density at radius 2 is 0.781 bits per heavy atom. The first kappa shape index (κ1) is 89.3. The Morgan fingerprint density at radius 1 is 0.467 bits per heavy atom. The fourth-order valence-corrected chi connectivity index (χ4v) is 13.9. The van der Waals surface area contributed by atoms with Gasteiger partial charge in [-0.3, -0.25) is 0 Å². The van der Waals surface area contributed by atoms with Crippen LogP contribution in [0.5, 0.6) is 5.75 Å². The van der Waals surface area contributed by atoms with Crippen molar-refractivity contribution in [2.24, 2.45) is 0 Å². The van der Waals surface area contributed by atoms with E-state index in [2.05, 4.69) is 21.2 Å². The fraction of sp³-hybridized carbons (Fsp3) is 0.513. The lowest BCUT2D eigenvalue weighted by atomic mass is 10.00. The van der Waals surface area contributed by atoms with Gasteiger partial charge in [-0.25, -0.2) is 62.3 Å². The Bertz CT molecular complexity index is 3400. The average molecular weight is 1600 g/mol. The highest BCUT2D eigenvalue weighted by Gasteiger charge is 2.46. The zero-order valence-corrected chi connectivity index (χ0v) is 62.8. The molecule has 6 fully saturated rings. The lowest BCUT2D eigenvalue weighted by Gasteiger charge is -2.39. The molecule has 0 spiro atoms. The fourth-order valence-electron chi connectivity index (χ4n) is 13.2. The van der Waals surface area contributed by atoms with E-state index in [4.69, 9.17) is 40.4 Å². The van der Waals surface area contributed by atoms with E-state index in [9.17, 15) is 67.4 Å². The molecule has 6 unspecified atom stereocenters. The number of halogens is 15. The molecule has 6 bridgehead atoms. The number of aliphatic hydroxyl groups excluding tert-OH is 2. The third kappa shape index (κ3) is 28.6. The highest BCUT2D eigenvalue weighted by molar-refractivity contribution is 9.10. The molecule has 6 aromatic rings. The Morgan fingerprint density at radius 3 is 1.10 bits per heavy atom. The standard InChI is InChI=1S/C20H27F2NO3.C15H19F2NO.C12H21NO3.C8H7ClF2.2C8H8F2O.C7H5BrF2.ClH/c1-20(2,3)26-19(24)23-14-8-9-15(23)11-16(10-14)25-12-13-6-4-5-7-17(13)18(21)22;16-15(17)14-4-2-1-3-10(14)9-19-13-7-11-5-6-12(8-13)18-11;1-12(2,3)16-11(15)13-8-4-5-9(13)7-10(14)6-8;9-5-6-3-1-2-4-7(6)8(10)11;1-11-7-5-3-2-4-6(7)8(9)10;9-8(10)7-4-2-1-3-6(7)5-11;8-6-4-2-1-3-5(6)7(9)10;/h4-7,14-16,18H,8-12H2,1-3H3;1-4,11-13,15,18H,5-9H2;8-10,14H,4-7H2,1-3H3;1-4,8H,5H2;2-5,8H,1H3;1-4,8,11H,5H2;1-4,7H;1H. The second-order valence-electron chi connectivity index (χ2n) is 27.8. The second-order valence-corrected chi connectivity index (χ2v) is 28.9. The van der Waals surface area contributed by atoms with E-state index in [1.165, 1.54) is 74.5 Å². The summed E-state index contributed by atoms with van der Waals surface area (Å²) in [6.45, 7) is 11.4. The number of carbonyl (C=O) groups excluding carboxylic acids is 2. The van der Waals surface area contributed by atoms with Gasteiger partial charge in [0.05, 0.1) is 50.8 Å². The molecule has 12 nitrogen and oxygen atoms in total. The van der Waals surface area contributed by atoms with Crippen LogP contribution in [0.15, 0.2) is 150 Å². The maximum atomic E-state index is 13.1. The van der Waals surface area contributed by atoms with Gasteiger partial charge >= 0.3 is 12.2 Å². The number of benzene rings is 6. The molecule has 105 heavy (non-hydrogen) atoms. The summed E-state index contributed by atoms with van der Waals surface area (Å²) >= 11 is 8.46. The lowest BCUT2D eigenvalue weighted by molar-refractivity contribution is -0.0403. The molecule has 6 aromatic carbocycles. The molecule has 0 aliphatic carbocycles. The molecule has 0 aromatic heterocycles. The van der Waals surface area contributed by atoms with Gasteiger partial charge in [0.1, 0.15) is 17.0 Å². The Kier molecular flexibility index (Phi) is 37.1. The van der Waals surface area contributed by atoms with Gasteiger partial charge in [-0.15, -0.1) is 24.0 Å². The lowest BCUT2D eigenvalue weighted by Crippen LogP contribution is -2.50. The minimum atomic E-state index is -2.50. The third-order valence-corrected chi connectivity index (χ3v) is 19.0. The van der Waals surface area contributed by atoms with E-state index in [1.54, 1.807) is 91.0 Å². The summed E-state index contributed by atoms with van der Waals surface area (Å²) in [7, 11) is 1.38. The summed E-state index contributed by atoms with van der Waals surface area (Å²) in [5, 5.41) is 21.8. The van der Waals surface area contributed by atoms with Crippen LogP contribution in [0, 0.1) is 0 Å². The number of nitrogens with one attached hydrogen (secondary N) is 1. The van der Waals surface area contributed by atoms with E-state index in [0.29, 0.717) is 58.3 Å². The number of rotatable bonds is 15. The number of fused-ring (bicyclic) bond motifs is 6. The molecule has 6 aliphatic rings. The minimum Gasteiger partial charge on any atom is -0.496 e. The van der Waals surface area contributed by atoms with Gasteiger partial charge < -0.3 is 49.0 Å². The highest BCUT2D eigenvalue weighted by Crippen LogP contribution is 2.40. The van der Waals surface area contributed by atoms with Gasteiger partial charge in [0.2, 0.25) is 0 Å². The number of nitrogens with zero attached hydrogens (tertiary/aromatic N) is 2. The Hall–Kier alpha value is -6.32. The molecule has 12 rings (SSSR count). The van der Waals surface area contributed by atoms with Crippen LogP contribution in [-0.4, -0.2) is 105 Å². The Labute approximate surface area is 627 Å². The van der Waals surface area contributed by atoms with Gasteiger partial charge in [0, 0.05) is 74.4 Å².